The van der Waals surface area contributed by atoms with E-state index in [0.717, 1.165) is 12.3 Å². The Balaban J connectivity index is 1.83. The summed E-state index contributed by atoms with van der Waals surface area (Å²) >= 11 is 1.90. The second kappa shape index (κ2) is 4.82. The Bertz CT molecular complexity index is 425. The van der Waals surface area contributed by atoms with E-state index in [0.29, 0.717) is 12.1 Å². The van der Waals surface area contributed by atoms with Gasteiger partial charge >= 0.3 is 0 Å². The molecule has 1 N–H and O–H groups in total. The lowest BCUT2D eigenvalue weighted by Crippen LogP contribution is -2.30. The first-order valence-electron chi connectivity index (χ1n) is 7.10. The van der Waals surface area contributed by atoms with Crippen LogP contribution in [0, 0.1) is 5.92 Å². The van der Waals surface area contributed by atoms with Crippen LogP contribution in [-0.4, -0.2) is 25.1 Å². The molecule has 4 heteroatoms. The van der Waals surface area contributed by atoms with Gasteiger partial charge in [-0.05, 0) is 52.0 Å². The molecular formula is C14H23N3S. The van der Waals surface area contributed by atoms with E-state index in [1.807, 2.05) is 11.3 Å². The molecule has 1 aromatic heterocycles. The van der Waals surface area contributed by atoms with Gasteiger partial charge in [-0.2, -0.15) is 0 Å². The molecule has 2 unspecified atom stereocenters. The van der Waals surface area contributed by atoms with Gasteiger partial charge in [0.2, 0.25) is 0 Å². The van der Waals surface area contributed by atoms with Crippen LogP contribution in [0.25, 0.3) is 0 Å². The summed E-state index contributed by atoms with van der Waals surface area (Å²) in [5.41, 5.74) is 1.34. The van der Waals surface area contributed by atoms with Crippen molar-refractivity contribution in [1.29, 1.82) is 0 Å². The lowest BCUT2D eigenvalue weighted by Gasteiger charge is -2.24. The summed E-state index contributed by atoms with van der Waals surface area (Å²) in [7, 11) is 4.28. The molecule has 3 nitrogen and oxygen atoms in total. The normalized spacial score (nSPS) is 24.7. The number of fused-ring (bicyclic) bond motifs is 1. The van der Waals surface area contributed by atoms with Crippen LogP contribution in [0.1, 0.15) is 49.2 Å². The summed E-state index contributed by atoms with van der Waals surface area (Å²) in [5.74, 6) is 0.899. The van der Waals surface area contributed by atoms with Crippen molar-refractivity contribution in [3.05, 3.63) is 10.6 Å². The summed E-state index contributed by atoms with van der Waals surface area (Å²) in [6, 6.07) is 1.18. The predicted octanol–water partition coefficient (Wildman–Crippen LogP) is 2.97. The summed E-state index contributed by atoms with van der Waals surface area (Å²) in [5, 5.41) is 4.65. The van der Waals surface area contributed by atoms with Crippen molar-refractivity contribution in [2.24, 2.45) is 5.92 Å². The highest BCUT2D eigenvalue weighted by Crippen LogP contribution is 2.40. The number of anilines is 1. The zero-order valence-corrected chi connectivity index (χ0v) is 12.4. The van der Waals surface area contributed by atoms with Crippen LogP contribution < -0.4 is 10.2 Å². The predicted molar refractivity (Wildman–Crippen MR) is 77.4 cm³/mol. The van der Waals surface area contributed by atoms with E-state index < -0.39 is 0 Å². The number of hydrogen-bond donors (Lipinski definition) is 1. The van der Waals surface area contributed by atoms with Crippen molar-refractivity contribution in [1.82, 2.24) is 10.3 Å². The summed E-state index contributed by atoms with van der Waals surface area (Å²) < 4.78 is 0. The second-order valence-corrected chi connectivity index (χ2v) is 6.74. The molecule has 1 aromatic rings. The van der Waals surface area contributed by atoms with Gasteiger partial charge in [-0.3, -0.25) is 0 Å². The largest absolute Gasteiger partial charge is 0.348 e. The van der Waals surface area contributed by atoms with E-state index >= 15 is 0 Å². The number of aromatic nitrogens is 1. The van der Waals surface area contributed by atoms with Crippen LogP contribution in [0.3, 0.4) is 0 Å². The van der Waals surface area contributed by atoms with E-state index in [1.165, 1.54) is 41.4 Å². The van der Waals surface area contributed by atoms with E-state index in [-0.39, 0.29) is 0 Å². The number of nitrogens with zero attached hydrogens (tertiary/aromatic N) is 2. The van der Waals surface area contributed by atoms with E-state index in [4.69, 9.17) is 4.98 Å². The molecule has 100 valence electrons. The number of thiazole rings is 1. The van der Waals surface area contributed by atoms with Crippen LogP contribution in [0.5, 0.6) is 0 Å². The minimum atomic E-state index is 0.532. The Morgan fingerprint density at radius 3 is 2.83 bits per heavy atom. The monoisotopic (exact) mass is 265 g/mol. The molecule has 2 aliphatic carbocycles. The summed E-state index contributed by atoms with van der Waals surface area (Å²) in [6.45, 7) is 2.34. The van der Waals surface area contributed by atoms with Crippen molar-refractivity contribution >= 4 is 16.5 Å². The van der Waals surface area contributed by atoms with Gasteiger partial charge in [-0.15, -0.1) is 0 Å². The maximum Gasteiger partial charge on any atom is 0.185 e. The van der Waals surface area contributed by atoms with E-state index in [1.54, 1.807) is 0 Å². The van der Waals surface area contributed by atoms with Gasteiger partial charge < -0.3 is 10.2 Å². The van der Waals surface area contributed by atoms with Gasteiger partial charge in [-0.1, -0.05) is 11.3 Å². The molecule has 0 aromatic carbocycles. The van der Waals surface area contributed by atoms with Crippen LogP contribution in [0.15, 0.2) is 0 Å². The van der Waals surface area contributed by atoms with Crippen molar-refractivity contribution in [2.45, 2.75) is 51.1 Å². The molecule has 2 aliphatic rings. The number of nitrogens with one attached hydrogen (secondary N) is 1. The highest BCUT2D eigenvalue weighted by atomic mass is 32.1. The smallest absolute Gasteiger partial charge is 0.185 e. The average Bonchev–Trinajstić information content (AvgIpc) is 3.15. The third kappa shape index (κ3) is 2.16. The van der Waals surface area contributed by atoms with E-state index in [9.17, 15) is 0 Å². The van der Waals surface area contributed by atoms with Gasteiger partial charge in [0.15, 0.2) is 5.13 Å². The van der Waals surface area contributed by atoms with Gasteiger partial charge in [-0.25, -0.2) is 4.98 Å². The molecule has 1 fully saturated rings. The molecule has 2 atom stereocenters. The average molecular weight is 265 g/mol. The Labute approximate surface area is 114 Å². The molecule has 1 heterocycles. The van der Waals surface area contributed by atoms with Crippen LogP contribution in [0.4, 0.5) is 5.13 Å². The zero-order valence-electron chi connectivity index (χ0n) is 11.6. The van der Waals surface area contributed by atoms with Gasteiger partial charge in [0.25, 0.3) is 0 Å². The fourth-order valence-corrected chi connectivity index (χ4v) is 4.21. The minimum absolute atomic E-state index is 0.532. The topological polar surface area (TPSA) is 28.2 Å². The lowest BCUT2D eigenvalue weighted by atomic mass is 9.98. The number of aryl methyl sites for hydroxylation is 1. The molecule has 18 heavy (non-hydrogen) atoms. The molecule has 0 saturated heterocycles. The Kier molecular flexibility index (Phi) is 3.32. The van der Waals surface area contributed by atoms with Gasteiger partial charge in [0.05, 0.1) is 5.69 Å². The highest BCUT2D eigenvalue weighted by molar-refractivity contribution is 7.15. The standard InChI is InChI=1S/C14H23N3S/c1-9(10-7-8-10)17(3)14-16-12-6-4-5-11(15-2)13(12)18-14/h9-11,15H,4-8H2,1-3H3. The first-order valence-corrected chi connectivity index (χ1v) is 7.92. The molecule has 3 rings (SSSR count). The Hall–Kier alpha value is -0.610. The second-order valence-electron chi connectivity index (χ2n) is 5.73. The third-order valence-electron chi connectivity index (χ3n) is 4.50. The molecule has 1 saturated carbocycles. The Morgan fingerprint density at radius 1 is 1.39 bits per heavy atom. The SMILES string of the molecule is CNC1CCCc2nc(N(C)C(C)C3CC3)sc21. The van der Waals surface area contributed by atoms with Crippen LogP contribution in [0.2, 0.25) is 0 Å². The first-order chi connectivity index (χ1) is 8.70. The van der Waals surface area contributed by atoms with Gasteiger partial charge in [0, 0.05) is 24.0 Å². The van der Waals surface area contributed by atoms with Crippen molar-refractivity contribution in [2.75, 3.05) is 19.0 Å². The fraction of sp³-hybridized carbons (Fsp3) is 0.786. The summed E-state index contributed by atoms with van der Waals surface area (Å²) in [4.78, 5) is 8.76. The number of hydrogen-bond acceptors (Lipinski definition) is 4. The van der Waals surface area contributed by atoms with Gasteiger partial charge in [0.1, 0.15) is 0 Å². The molecule has 0 amide bonds. The van der Waals surface area contributed by atoms with Crippen molar-refractivity contribution < 1.29 is 0 Å². The van der Waals surface area contributed by atoms with Crippen molar-refractivity contribution in [3.63, 3.8) is 0 Å². The quantitative estimate of drug-likeness (QED) is 0.907. The molecule has 0 spiro atoms. The molecule has 0 radical (unpaired) electrons. The summed E-state index contributed by atoms with van der Waals surface area (Å²) in [6.07, 6.45) is 6.48. The molecule has 0 aliphatic heterocycles. The Morgan fingerprint density at radius 2 is 2.17 bits per heavy atom. The third-order valence-corrected chi connectivity index (χ3v) is 5.81. The van der Waals surface area contributed by atoms with Crippen LogP contribution in [-0.2, 0) is 6.42 Å². The lowest BCUT2D eigenvalue weighted by molar-refractivity contribution is 0.501. The number of rotatable bonds is 4. The van der Waals surface area contributed by atoms with Crippen molar-refractivity contribution in [3.8, 4) is 0 Å². The first kappa shape index (κ1) is 12.4. The van der Waals surface area contributed by atoms with E-state index in [2.05, 4.69) is 31.2 Å². The minimum Gasteiger partial charge on any atom is -0.348 e. The fourth-order valence-electron chi connectivity index (χ4n) is 2.90. The highest BCUT2D eigenvalue weighted by Gasteiger charge is 2.32. The maximum atomic E-state index is 4.88. The molecule has 0 bridgehead atoms. The zero-order chi connectivity index (χ0) is 12.7. The van der Waals surface area contributed by atoms with Crippen LogP contribution >= 0.6 is 11.3 Å². The maximum absolute atomic E-state index is 4.88. The molecular weight excluding hydrogens is 242 g/mol.